The number of rotatable bonds is 13. The van der Waals surface area contributed by atoms with Crippen LogP contribution in [0.2, 0.25) is 0 Å². The van der Waals surface area contributed by atoms with Crippen LogP contribution in [0.5, 0.6) is 5.88 Å². The van der Waals surface area contributed by atoms with Crippen molar-refractivity contribution in [2.24, 2.45) is 11.8 Å². The molecule has 0 aliphatic heterocycles. The van der Waals surface area contributed by atoms with Gasteiger partial charge in [-0.05, 0) is 42.7 Å². The van der Waals surface area contributed by atoms with Crippen molar-refractivity contribution in [2.75, 3.05) is 6.61 Å². The second kappa shape index (κ2) is 13.5. The minimum atomic E-state index is 0.626. The SMILES string of the molecule is CCCCCCOc1ccc(-c2ccc(CCC3CCC(CCCC)CC3)cc2)nn1. The number of unbranched alkanes of at least 4 members (excludes halogenated alkanes) is 4. The molecule has 1 aromatic heterocycles. The Morgan fingerprint density at radius 3 is 2.10 bits per heavy atom. The maximum atomic E-state index is 5.70. The molecule has 1 saturated carbocycles. The molecule has 1 aromatic carbocycles. The van der Waals surface area contributed by atoms with Gasteiger partial charge in [-0.1, -0.05) is 102 Å². The van der Waals surface area contributed by atoms with E-state index in [1.165, 1.54) is 82.6 Å². The quantitative estimate of drug-likeness (QED) is 0.306. The van der Waals surface area contributed by atoms with Crippen molar-refractivity contribution < 1.29 is 4.74 Å². The summed E-state index contributed by atoms with van der Waals surface area (Å²) in [5, 5.41) is 8.61. The average molecular weight is 423 g/mol. The lowest BCUT2D eigenvalue weighted by atomic mass is 9.78. The second-order valence-corrected chi connectivity index (χ2v) is 9.43. The van der Waals surface area contributed by atoms with E-state index >= 15 is 0 Å². The predicted molar refractivity (Wildman–Crippen MR) is 130 cm³/mol. The van der Waals surface area contributed by atoms with Crippen LogP contribution < -0.4 is 4.74 Å². The molecule has 31 heavy (non-hydrogen) atoms. The fourth-order valence-electron chi connectivity index (χ4n) is 4.77. The van der Waals surface area contributed by atoms with Gasteiger partial charge in [0.1, 0.15) is 0 Å². The Morgan fingerprint density at radius 1 is 0.742 bits per heavy atom. The van der Waals surface area contributed by atoms with Gasteiger partial charge in [0.25, 0.3) is 0 Å². The van der Waals surface area contributed by atoms with Crippen LogP contribution in [0.25, 0.3) is 11.3 Å². The summed E-state index contributed by atoms with van der Waals surface area (Å²) in [6.45, 7) is 5.25. The van der Waals surface area contributed by atoms with Crippen LogP contribution >= 0.6 is 0 Å². The first-order valence-corrected chi connectivity index (χ1v) is 12.8. The standard InChI is InChI=1S/C28H42N2O/c1-3-5-7-8-22-31-28-21-20-27(29-30-28)26-18-16-25(17-19-26)15-14-24-12-10-23(11-13-24)9-6-4-2/h16-21,23-24H,3-15,22H2,1-2H3. The molecule has 1 aliphatic rings. The van der Waals surface area contributed by atoms with Crippen LogP contribution in [0, 0.1) is 11.8 Å². The predicted octanol–water partition coefficient (Wildman–Crippen LogP) is 8.03. The minimum Gasteiger partial charge on any atom is -0.477 e. The van der Waals surface area contributed by atoms with E-state index in [1.807, 2.05) is 12.1 Å². The molecule has 3 heteroatoms. The molecule has 1 fully saturated rings. The Labute approximate surface area is 190 Å². The third kappa shape index (κ3) is 8.27. The van der Waals surface area contributed by atoms with Crippen LogP contribution in [0.3, 0.4) is 0 Å². The van der Waals surface area contributed by atoms with Gasteiger partial charge in [0.05, 0.1) is 12.3 Å². The Balaban J connectivity index is 1.40. The van der Waals surface area contributed by atoms with Gasteiger partial charge >= 0.3 is 0 Å². The molecule has 0 amide bonds. The van der Waals surface area contributed by atoms with E-state index in [0.29, 0.717) is 5.88 Å². The maximum absolute atomic E-state index is 5.70. The van der Waals surface area contributed by atoms with Crippen molar-refractivity contribution in [1.82, 2.24) is 10.2 Å². The van der Waals surface area contributed by atoms with E-state index in [1.54, 1.807) is 0 Å². The second-order valence-electron chi connectivity index (χ2n) is 9.43. The zero-order valence-electron chi connectivity index (χ0n) is 19.8. The molecule has 2 aromatic rings. The molecule has 170 valence electrons. The van der Waals surface area contributed by atoms with Gasteiger partial charge in [0.15, 0.2) is 0 Å². The molecular weight excluding hydrogens is 380 g/mol. The third-order valence-electron chi connectivity index (χ3n) is 6.91. The number of nitrogens with zero attached hydrogens (tertiary/aromatic N) is 2. The van der Waals surface area contributed by atoms with E-state index in [9.17, 15) is 0 Å². The molecule has 1 heterocycles. The summed E-state index contributed by atoms with van der Waals surface area (Å²) in [5.41, 5.74) is 3.48. The number of hydrogen-bond donors (Lipinski definition) is 0. The summed E-state index contributed by atoms with van der Waals surface area (Å²) in [5.74, 6) is 2.56. The van der Waals surface area contributed by atoms with Crippen molar-refractivity contribution in [2.45, 2.75) is 97.3 Å². The summed E-state index contributed by atoms with van der Waals surface area (Å²) in [4.78, 5) is 0. The fourth-order valence-corrected chi connectivity index (χ4v) is 4.77. The number of ether oxygens (including phenoxy) is 1. The van der Waals surface area contributed by atoms with Crippen molar-refractivity contribution >= 4 is 0 Å². The summed E-state index contributed by atoms with van der Waals surface area (Å²) in [6, 6.07) is 12.9. The van der Waals surface area contributed by atoms with Crippen LogP contribution in [-0.4, -0.2) is 16.8 Å². The summed E-state index contributed by atoms with van der Waals surface area (Å²) in [7, 11) is 0. The topological polar surface area (TPSA) is 35.0 Å². The molecule has 1 aliphatic carbocycles. The zero-order chi connectivity index (χ0) is 21.7. The van der Waals surface area contributed by atoms with Gasteiger partial charge in [-0.15, -0.1) is 10.2 Å². The Bertz CT molecular complexity index is 718. The van der Waals surface area contributed by atoms with Crippen LogP contribution in [0.15, 0.2) is 36.4 Å². The first kappa shape index (κ1) is 23.8. The molecule has 0 radical (unpaired) electrons. The molecule has 0 atom stereocenters. The highest BCUT2D eigenvalue weighted by Crippen LogP contribution is 2.34. The third-order valence-corrected chi connectivity index (χ3v) is 6.91. The van der Waals surface area contributed by atoms with Gasteiger partial charge < -0.3 is 4.74 Å². The van der Waals surface area contributed by atoms with Crippen molar-refractivity contribution in [3.63, 3.8) is 0 Å². The normalized spacial score (nSPS) is 18.8. The largest absolute Gasteiger partial charge is 0.477 e. The molecule has 0 unspecified atom stereocenters. The van der Waals surface area contributed by atoms with Crippen molar-refractivity contribution in [1.29, 1.82) is 0 Å². The smallest absolute Gasteiger partial charge is 0.233 e. The maximum Gasteiger partial charge on any atom is 0.233 e. The lowest BCUT2D eigenvalue weighted by Crippen LogP contribution is -2.15. The summed E-state index contributed by atoms with van der Waals surface area (Å²) in [6.07, 6.45) is 17.4. The average Bonchev–Trinajstić information content (AvgIpc) is 2.83. The molecule has 0 saturated heterocycles. The molecule has 3 nitrogen and oxygen atoms in total. The Kier molecular flexibility index (Phi) is 10.3. The van der Waals surface area contributed by atoms with Crippen molar-refractivity contribution in [3.05, 3.63) is 42.0 Å². The zero-order valence-corrected chi connectivity index (χ0v) is 19.8. The van der Waals surface area contributed by atoms with E-state index in [0.717, 1.165) is 36.1 Å². The van der Waals surface area contributed by atoms with Gasteiger partial charge in [-0.25, -0.2) is 0 Å². The molecule has 0 spiro atoms. The minimum absolute atomic E-state index is 0.626. The van der Waals surface area contributed by atoms with Gasteiger partial charge in [-0.3, -0.25) is 0 Å². The Morgan fingerprint density at radius 2 is 1.45 bits per heavy atom. The van der Waals surface area contributed by atoms with Crippen molar-refractivity contribution in [3.8, 4) is 17.1 Å². The lowest BCUT2D eigenvalue weighted by molar-refractivity contribution is 0.250. The molecule has 0 N–H and O–H groups in total. The van der Waals surface area contributed by atoms with Gasteiger partial charge in [0, 0.05) is 11.6 Å². The molecule has 0 bridgehead atoms. The highest BCUT2D eigenvalue weighted by molar-refractivity contribution is 5.59. The highest BCUT2D eigenvalue weighted by atomic mass is 16.5. The van der Waals surface area contributed by atoms with E-state index in [-0.39, 0.29) is 0 Å². The highest BCUT2D eigenvalue weighted by Gasteiger charge is 2.20. The first-order chi connectivity index (χ1) is 15.3. The lowest BCUT2D eigenvalue weighted by Gasteiger charge is -2.28. The van der Waals surface area contributed by atoms with E-state index in [4.69, 9.17) is 4.74 Å². The van der Waals surface area contributed by atoms with Gasteiger partial charge in [-0.2, -0.15) is 0 Å². The monoisotopic (exact) mass is 422 g/mol. The Hall–Kier alpha value is -1.90. The van der Waals surface area contributed by atoms with Gasteiger partial charge in [0.2, 0.25) is 5.88 Å². The van der Waals surface area contributed by atoms with E-state index in [2.05, 4.69) is 48.3 Å². The fraction of sp³-hybridized carbons (Fsp3) is 0.643. The number of benzene rings is 1. The first-order valence-electron chi connectivity index (χ1n) is 12.8. The number of aromatic nitrogens is 2. The molecular formula is C28H42N2O. The number of hydrogen-bond acceptors (Lipinski definition) is 3. The van der Waals surface area contributed by atoms with Crippen LogP contribution in [-0.2, 0) is 6.42 Å². The summed E-state index contributed by atoms with van der Waals surface area (Å²) < 4.78 is 5.70. The van der Waals surface area contributed by atoms with E-state index < -0.39 is 0 Å². The number of aryl methyl sites for hydroxylation is 1. The summed E-state index contributed by atoms with van der Waals surface area (Å²) >= 11 is 0. The molecule has 3 rings (SSSR count). The van der Waals surface area contributed by atoms with Crippen LogP contribution in [0.4, 0.5) is 0 Å². The van der Waals surface area contributed by atoms with Crippen LogP contribution in [0.1, 0.15) is 96.5 Å².